The topological polar surface area (TPSA) is 66.5 Å². The minimum Gasteiger partial charge on any atom is -0.354 e. The first-order valence-electron chi connectivity index (χ1n) is 11.2. The van der Waals surface area contributed by atoms with Crippen LogP contribution in [-0.2, 0) is 20.6 Å². The summed E-state index contributed by atoms with van der Waals surface area (Å²) in [5.74, 6) is 1.29. The molecule has 0 saturated heterocycles. The maximum atomic E-state index is 13.5. The van der Waals surface area contributed by atoms with Crippen molar-refractivity contribution in [3.05, 3.63) is 94.5 Å². The van der Waals surface area contributed by atoms with Gasteiger partial charge in [-0.25, -0.2) is 8.42 Å². The van der Waals surface area contributed by atoms with Crippen molar-refractivity contribution < 1.29 is 13.2 Å². The lowest BCUT2D eigenvalue weighted by molar-refractivity contribution is -0.119. The molecule has 0 fully saturated rings. The van der Waals surface area contributed by atoms with E-state index in [-0.39, 0.29) is 17.3 Å². The quantitative estimate of drug-likeness (QED) is 0.394. The number of anilines is 1. The molecule has 3 aromatic rings. The van der Waals surface area contributed by atoms with Gasteiger partial charge in [0.25, 0.3) is 10.0 Å². The Labute approximate surface area is 207 Å². The molecule has 3 aromatic carbocycles. The zero-order valence-corrected chi connectivity index (χ0v) is 21.8. The number of carbonyl (C=O) groups excluding carboxylic acids is 1. The lowest BCUT2D eigenvalue weighted by atomic mass is 10.1. The van der Waals surface area contributed by atoms with Gasteiger partial charge in [-0.05, 0) is 62.6 Å². The molecule has 0 bridgehead atoms. The zero-order valence-electron chi connectivity index (χ0n) is 20.2. The predicted octanol–water partition coefficient (Wildman–Crippen LogP) is 5.17. The van der Waals surface area contributed by atoms with Crippen molar-refractivity contribution in [3.63, 3.8) is 0 Å². The highest BCUT2D eigenvalue weighted by atomic mass is 32.2. The average Bonchev–Trinajstić information content (AvgIpc) is 2.81. The first-order chi connectivity index (χ1) is 16.2. The van der Waals surface area contributed by atoms with E-state index < -0.39 is 10.0 Å². The second-order valence-corrected chi connectivity index (χ2v) is 11.4. The number of amides is 1. The number of hydrogen-bond acceptors (Lipinski definition) is 4. The van der Waals surface area contributed by atoms with Crippen molar-refractivity contribution in [2.24, 2.45) is 0 Å². The highest BCUT2D eigenvalue weighted by Crippen LogP contribution is 2.28. The van der Waals surface area contributed by atoms with Crippen molar-refractivity contribution in [1.82, 2.24) is 5.32 Å². The van der Waals surface area contributed by atoms with Gasteiger partial charge < -0.3 is 5.32 Å². The molecule has 3 rings (SSSR count). The standard InChI is InChI=1S/C27H32N2O3S2/c1-20-8-12-24(13-9-20)19-33-17-16-28-27(30)18-29(26-7-5-6-22(3)23(26)4)34(31,32)25-14-10-21(2)11-15-25/h5-15H,16-19H2,1-4H3,(H,28,30). The second-order valence-electron chi connectivity index (χ2n) is 8.43. The normalized spacial score (nSPS) is 11.3. The first kappa shape index (κ1) is 25.8. The summed E-state index contributed by atoms with van der Waals surface area (Å²) in [4.78, 5) is 13.0. The molecule has 0 aliphatic carbocycles. The van der Waals surface area contributed by atoms with Crippen LogP contribution in [0.2, 0.25) is 0 Å². The first-order valence-corrected chi connectivity index (χ1v) is 13.8. The van der Waals surface area contributed by atoms with Crippen LogP contribution in [0.4, 0.5) is 5.69 Å². The van der Waals surface area contributed by atoms with E-state index in [1.165, 1.54) is 15.4 Å². The Hall–Kier alpha value is -2.77. The van der Waals surface area contributed by atoms with E-state index in [0.29, 0.717) is 12.2 Å². The number of nitrogens with one attached hydrogen (secondary N) is 1. The number of sulfonamides is 1. The summed E-state index contributed by atoms with van der Waals surface area (Å²) in [5.41, 5.74) is 5.76. The Kier molecular flexibility index (Phi) is 8.80. The molecule has 5 nitrogen and oxygen atoms in total. The molecule has 0 spiro atoms. The average molecular weight is 497 g/mol. The smallest absolute Gasteiger partial charge is 0.264 e. The number of hydrogen-bond donors (Lipinski definition) is 1. The molecule has 0 radical (unpaired) electrons. The number of benzene rings is 3. The Bertz CT molecular complexity index is 1220. The molecule has 0 unspecified atom stereocenters. The number of aryl methyl sites for hydroxylation is 3. The van der Waals surface area contributed by atoms with Gasteiger partial charge in [-0.1, -0.05) is 59.7 Å². The Balaban J connectivity index is 1.68. The van der Waals surface area contributed by atoms with Crippen LogP contribution in [0.25, 0.3) is 0 Å². The van der Waals surface area contributed by atoms with Crippen LogP contribution in [0.5, 0.6) is 0 Å². The summed E-state index contributed by atoms with van der Waals surface area (Å²) < 4.78 is 28.3. The molecule has 0 heterocycles. The minimum atomic E-state index is -3.91. The van der Waals surface area contributed by atoms with Gasteiger partial charge in [0.05, 0.1) is 10.6 Å². The molecule has 34 heavy (non-hydrogen) atoms. The molecule has 1 N–H and O–H groups in total. The fourth-order valence-corrected chi connectivity index (χ4v) is 5.76. The maximum absolute atomic E-state index is 13.5. The lowest BCUT2D eigenvalue weighted by Gasteiger charge is -2.26. The second kappa shape index (κ2) is 11.6. The fraction of sp³-hybridized carbons (Fsp3) is 0.296. The fourth-order valence-electron chi connectivity index (χ4n) is 3.47. The van der Waals surface area contributed by atoms with Crippen molar-refractivity contribution in [2.75, 3.05) is 23.1 Å². The summed E-state index contributed by atoms with van der Waals surface area (Å²) >= 11 is 1.73. The van der Waals surface area contributed by atoms with E-state index in [4.69, 9.17) is 0 Å². The molecule has 0 aromatic heterocycles. The monoisotopic (exact) mass is 496 g/mol. The van der Waals surface area contributed by atoms with Gasteiger partial charge in [0.15, 0.2) is 0 Å². The van der Waals surface area contributed by atoms with Crippen LogP contribution < -0.4 is 9.62 Å². The summed E-state index contributed by atoms with van der Waals surface area (Å²) in [6.45, 7) is 7.97. The van der Waals surface area contributed by atoms with Gasteiger partial charge >= 0.3 is 0 Å². The van der Waals surface area contributed by atoms with Gasteiger partial charge in [-0.15, -0.1) is 0 Å². The number of carbonyl (C=O) groups is 1. The highest BCUT2D eigenvalue weighted by Gasteiger charge is 2.28. The van der Waals surface area contributed by atoms with Crippen LogP contribution in [-0.4, -0.2) is 33.2 Å². The lowest BCUT2D eigenvalue weighted by Crippen LogP contribution is -2.41. The van der Waals surface area contributed by atoms with E-state index in [9.17, 15) is 13.2 Å². The SMILES string of the molecule is Cc1ccc(CSCCNC(=O)CN(c2cccc(C)c2C)S(=O)(=O)c2ccc(C)cc2)cc1. The van der Waals surface area contributed by atoms with Gasteiger partial charge in [0.2, 0.25) is 5.91 Å². The van der Waals surface area contributed by atoms with Gasteiger partial charge in [-0.2, -0.15) is 11.8 Å². The molecule has 0 saturated carbocycles. The summed E-state index contributed by atoms with van der Waals surface area (Å²) in [7, 11) is -3.91. The molecule has 1 amide bonds. The van der Waals surface area contributed by atoms with Gasteiger partial charge in [0, 0.05) is 18.1 Å². The van der Waals surface area contributed by atoms with Crippen molar-refractivity contribution >= 4 is 33.4 Å². The van der Waals surface area contributed by atoms with Crippen LogP contribution in [0.15, 0.2) is 71.6 Å². The van der Waals surface area contributed by atoms with Gasteiger partial charge in [0.1, 0.15) is 6.54 Å². The van der Waals surface area contributed by atoms with E-state index in [1.807, 2.05) is 32.9 Å². The molecule has 0 atom stereocenters. The highest BCUT2D eigenvalue weighted by molar-refractivity contribution is 7.98. The third kappa shape index (κ3) is 6.64. The summed E-state index contributed by atoms with van der Waals surface area (Å²) in [6, 6.07) is 20.6. The van der Waals surface area contributed by atoms with Crippen molar-refractivity contribution in [1.29, 1.82) is 0 Å². The molecule has 180 valence electrons. The Morgan fingerprint density at radius 2 is 1.50 bits per heavy atom. The summed E-state index contributed by atoms with van der Waals surface area (Å²) in [6.07, 6.45) is 0. The largest absolute Gasteiger partial charge is 0.354 e. The summed E-state index contributed by atoms with van der Waals surface area (Å²) in [5, 5.41) is 2.88. The maximum Gasteiger partial charge on any atom is 0.264 e. The van der Waals surface area contributed by atoms with E-state index in [2.05, 4.69) is 36.5 Å². The molecular formula is C27H32N2O3S2. The predicted molar refractivity (Wildman–Crippen MR) is 142 cm³/mol. The van der Waals surface area contributed by atoms with E-state index in [0.717, 1.165) is 28.2 Å². The molecule has 7 heteroatoms. The van der Waals surface area contributed by atoms with Crippen LogP contribution in [0.1, 0.15) is 27.8 Å². The molecule has 0 aliphatic heterocycles. The molecular weight excluding hydrogens is 464 g/mol. The van der Waals surface area contributed by atoms with Crippen LogP contribution >= 0.6 is 11.8 Å². The minimum absolute atomic E-state index is 0.167. The van der Waals surface area contributed by atoms with Gasteiger partial charge in [-0.3, -0.25) is 9.10 Å². The van der Waals surface area contributed by atoms with E-state index >= 15 is 0 Å². The number of thioether (sulfide) groups is 1. The third-order valence-corrected chi connectivity index (χ3v) is 8.50. The number of nitrogens with zero attached hydrogens (tertiary/aromatic N) is 1. The Morgan fingerprint density at radius 3 is 2.15 bits per heavy atom. The number of rotatable bonds is 10. The molecule has 0 aliphatic rings. The van der Waals surface area contributed by atoms with Crippen LogP contribution in [0.3, 0.4) is 0 Å². The van der Waals surface area contributed by atoms with E-state index in [1.54, 1.807) is 42.1 Å². The zero-order chi connectivity index (χ0) is 24.7. The third-order valence-electron chi connectivity index (χ3n) is 5.70. The Morgan fingerprint density at radius 1 is 0.882 bits per heavy atom. The van der Waals surface area contributed by atoms with Crippen LogP contribution in [0, 0.1) is 27.7 Å². The van der Waals surface area contributed by atoms with Crippen molar-refractivity contribution in [2.45, 2.75) is 38.3 Å². The van der Waals surface area contributed by atoms with Crippen molar-refractivity contribution in [3.8, 4) is 0 Å².